The molecule has 2 aliphatic heterocycles. The summed E-state index contributed by atoms with van der Waals surface area (Å²) in [5.74, 6) is 0.371. The van der Waals surface area contributed by atoms with E-state index in [0.717, 1.165) is 50.9 Å². The van der Waals surface area contributed by atoms with Gasteiger partial charge in [0.1, 0.15) is 0 Å². The zero-order chi connectivity index (χ0) is 20.2. The van der Waals surface area contributed by atoms with Gasteiger partial charge in [-0.05, 0) is 43.2 Å². The number of nitrogens with zero attached hydrogens (tertiary/aromatic N) is 5. The van der Waals surface area contributed by atoms with E-state index in [1.54, 1.807) is 10.9 Å². The predicted molar refractivity (Wildman–Crippen MR) is 110 cm³/mol. The number of aromatic nitrogens is 3. The molecule has 0 aliphatic carbocycles. The van der Waals surface area contributed by atoms with Gasteiger partial charge in [0, 0.05) is 37.7 Å². The minimum absolute atomic E-state index is 0.0334. The number of piperidine rings is 1. The van der Waals surface area contributed by atoms with E-state index >= 15 is 0 Å². The van der Waals surface area contributed by atoms with Gasteiger partial charge >= 0.3 is 0 Å². The topological polar surface area (TPSA) is 71.3 Å². The molecule has 3 heterocycles. The number of amides is 2. The first-order valence-electron chi connectivity index (χ1n) is 10.3. The van der Waals surface area contributed by atoms with Crippen molar-refractivity contribution in [2.45, 2.75) is 38.6 Å². The first kappa shape index (κ1) is 19.9. The van der Waals surface area contributed by atoms with E-state index in [0.29, 0.717) is 36.1 Å². The molecule has 0 bridgehead atoms. The summed E-state index contributed by atoms with van der Waals surface area (Å²) < 4.78 is 1.75. The molecule has 0 spiro atoms. The molecule has 1 aromatic carbocycles. The van der Waals surface area contributed by atoms with Crippen LogP contribution in [0.3, 0.4) is 0 Å². The lowest BCUT2D eigenvalue weighted by Gasteiger charge is -2.32. The average molecular weight is 416 g/mol. The van der Waals surface area contributed by atoms with Crippen molar-refractivity contribution in [2.75, 3.05) is 26.2 Å². The second-order valence-corrected chi connectivity index (χ2v) is 8.35. The molecule has 154 valence electrons. The maximum Gasteiger partial charge on any atom is 0.276 e. The molecule has 8 heteroatoms. The molecule has 2 fully saturated rings. The highest BCUT2D eigenvalue weighted by atomic mass is 35.5. The van der Waals surface area contributed by atoms with Gasteiger partial charge in [-0.25, -0.2) is 0 Å². The Morgan fingerprint density at radius 1 is 1.07 bits per heavy atom. The lowest BCUT2D eigenvalue weighted by molar-refractivity contribution is -0.132. The second kappa shape index (κ2) is 8.95. The molecular weight excluding hydrogens is 390 g/mol. The fourth-order valence-corrected chi connectivity index (χ4v) is 4.39. The van der Waals surface area contributed by atoms with Gasteiger partial charge in [0.15, 0.2) is 5.69 Å². The van der Waals surface area contributed by atoms with E-state index in [9.17, 15) is 9.59 Å². The van der Waals surface area contributed by atoms with Gasteiger partial charge in [0.2, 0.25) is 5.91 Å². The summed E-state index contributed by atoms with van der Waals surface area (Å²) in [5, 5.41) is 8.85. The van der Waals surface area contributed by atoms with E-state index < -0.39 is 0 Å². The summed E-state index contributed by atoms with van der Waals surface area (Å²) in [7, 11) is 0. The van der Waals surface area contributed by atoms with Gasteiger partial charge in [-0.2, -0.15) is 0 Å². The van der Waals surface area contributed by atoms with Crippen molar-refractivity contribution in [1.82, 2.24) is 24.8 Å². The minimum atomic E-state index is -0.0334. The van der Waals surface area contributed by atoms with Crippen LogP contribution in [0.4, 0.5) is 0 Å². The van der Waals surface area contributed by atoms with Crippen LogP contribution in [-0.2, 0) is 17.8 Å². The van der Waals surface area contributed by atoms with Crippen molar-refractivity contribution in [3.63, 3.8) is 0 Å². The van der Waals surface area contributed by atoms with Crippen molar-refractivity contribution >= 4 is 23.4 Å². The number of halogens is 1. The quantitative estimate of drug-likeness (QED) is 0.752. The number of likely N-dealkylation sites (tertiary alicyclic amines) is 2. The summed E-state index contributed by atoms with van der Waals surface area (Å²) in [4.78, 5) is 28.9. The van der Waals surface area contributed by atoms with Crippen LogP contribution >= 0.6 is 11.6 Å². The van der Waals surface area contributed by atoms with E-state index in [-0.39, 0.29) is 11.8 Å². The lowest BCUT2D eigenvalue weighted by atomic mass is 9.97. The van der Waals surface area contributed by atoms with E-state index in [2.05, 4.69) is 10.3 Å². The van der Waals surface area contributed by atoms with Crippen LogP contribution in [0.5, 0.6) is 0 Å². The number of hydrogen-bond donors (Lipinski definition) is 0. The molecule has 29 heavy (non-hydrogen) atoms. The van der Waals surface area contributed by atoms with Crippen LogP contribution in [0.2, 0.25) is 5.02 Å². The monoisotopic (exact) mass is 415 g/mol. The Balaban J connectivity index is 1.33. The Kier molecular flexibility index (Phi) is 6.13. The molecule has 4 rings (SSSR count). The van der Waals surface area contributed by atoms with E-state index in [1.165, 1.54) is 0 Å². The van der Waals surface area contributed by atoms with Crippen LogP contribution in [0.1, 0.15) is 41.7 Å². The zero-order valence-electron chi connectivity index (χ0n) is 16.5. The molecule has 0 radical (unpaired) electrons. The molecule has 1 aromatic heterocycles. The van der Waals surface area contributed by atoms with Crippen molar-refractivity contribution in [2.24, 2.45) is 5.92 Å². The van der Waals surface area contributed by atoms with Gasteiger partial charge < -0.3 is 9.80 Å². The number of rotatable bonds is 5. The number of carbonyl (C=O) groups excluding carboxylic acids is 2. The highest BCUT2D eigenvalue weighted by Crippen LogP contribution is 2.21. The molecular formula is C21H26ClN5O2. The standard InChI is InChI=1S/C21H26ClN5O2/c22-18-8-2-1-7-17(18)12-20(28)26-11-5-6-16(13-26)14-27-15-19(23-24-27)21(29)25-9-3-4-10-25/h1-2,7-8,15-16H,3-6,9-14H2. The summed E-state index contributed by atoms with van der Waals surface area (Å²) in [5.41, 5.74) is 1.27. The third-order valence-corrected chi connectivity index (χ3v) is 6.14. The van der Waals surface area contributed by atoms with Crippen LogP contribution in [0.15, 0.2) is 30.5 Å². The maximum absolute atomic E-state index is 12.7. The minimum Gasteiger partial charge on any atom is -0.342 e. The molecule has 1 atom stereocenters. The first-order valence-corrected chi connectivity index (χ1v) is 10.7. The fraction of sp³-hybridized carbons (Fsp3) is 0.524. The highest BCUT2D eigenvalue weighted by molar-refractivity contribution is 6.31. The Labute approximate surface area is 175 Å². The first-order chi connectivity index (χ1) is 14.1. The van der Waals surface area contributed by atoms with Crippen LogP contribution in [0.25, 0.3) is 0 Å². The Bertz CT molecular complexity index is 877. The molecule has 7 nitrogen and oxygen atoms in total. The van der Waals surface area contributed by atoms with Crippen molar-refractivity contribution in [1.29, 1.82) is 0 Å². The van der Waals surface area contributed by atoms with E-state index in [4.69, 9.17) is 11.6 Å². The summed E-state index contributed by atoms with van der Waals surface area (Å²) in [6.07, 6.45) is 6.17. The largest absolute Gasteiger partial charge is 0.342 e. The smallest absolute Gasteiger partial charge is 0.276 e. The van der Waals surface area contributed by atoms with E-state index in [1.807, 2.05) is 34.1 Å². The zero-order valence-corrected chi connectivity index (χ0v) is 17.2. The molecule has 2 saturated heterocycles. The van der Waals surface area contributed by atoms with Crippen LogP contribution in [-0.4, -0.2) is 62.8 Å². The molecule has 2 aliphatic rings. The fourth-order valence-electron chi connectivity index (χ4n) is 4.19. The average Bonchev–Trinajstić information content (AvgIpc) is 3.42. The summed E-state index contributed by atoms with van der Waals surface area (Å²) >= 11 is 6.20. The number of benzene rings is 1. The second-order valence-electron chi connectivity index (χ2n) is 7.94. The van der Waals surface area contributed by atoms with Gasteiger partial charge in [-0.15, -0.1) is 5.10 Å². The molecule has 0 saturated carbocycles. The lowest BCUT2D eigenvalue weighted by Crippen LogP contribution is -2.41. The Hall–Kier alpha value is -2.41. The molecule has 0 N–H and O–H groups in total. The Morgan fingerprint density at radius 2 is 1.83 bits per heavy atom. The third kappa shape index (κ3) is 4.78. The van der Waals surface area contributed by atoms with Crippen molar-refractivity contribution in [3.05, 3.63) is 46.7 Å². The van der Waals surface area contributed by atoms with Crippen molar-refractivity contribution < 1.29 is 9.59 Å². The summed E-state index contributed by atoms with van der Waals surface area (Å²) in [6.45, 7) is 3.73. The number of hydrogen-bond acceptors (Lipinski definition) is 4. The summed E-state index contributed by atoms with van der Waals surface area (Å²) in [6, 6.07) is 7.48. The highest BCUT2D eigenvalue weighted by Gasteiger charge is 2.26. The van der Waals surface area contributed by atoms with Gasteiger partial charge in [-0.1, -0.05) is 35.0 Å². The SMILES string of the molecule is O=C(Cc1ccccc1Cl)N1CCCC(Cn2cc(C(=O)N3CCCC3)nn2)C1. The number of carbonyl (C=O) groups is 2. The van der Waals surface area contributed by atoms with Crippen LogP contribution in [0, 0.1) is 5.92 Å². The molecule has 2 amide bonds. The molecule has 1 unspecified atom stereocenters. The predicted octanol–water partition coefficient (Wildman–Crippen LogP) is 2.65. The van der Waals surface area contributed by atoms with Gasteiger partial charge in [-0.3, -0.25) is 14.3 Å². The normalized spacial score (nSPS) is 19.6. The molecule has 2 aromatic rings. The van der Waals surface area contributed by atoms with Crippen LogP contribution < -0.4 is 0 Å². The van der Waals surface area contributed by atoms with Crippen molar-refractivity contribution in [3.8, 4) is 0 Å². The van der Waals surface area contributed by atoms with Gasteiger partial charge in [0.25, 0.3) is 5.91 Å². The Morgan fingerprint density at radius 3 is 2.62 bits per heavy atom. The van der Waals surface area contributed by atoms with Gasteiger partial charge in [0.05, 0.1) is 12.6 Å². The third-order valence-electron chi connectivity index (χ3n) is 5.77. The maximum atomic E-state index is 12.7.